The van der Waals surface area contributed by atoms with Gasteiger partial charge in [-0.1, -0.05) is 24.3 Å². The Hall–Kier alpha value is -2.66. The highest BCUT2D eigenvalue weighted by Crippen LogP contribution is 2.25. The Bertz CT molecular complexity index is 948. The molecule has 3 aromatic rings. The summed E-state index contributed by atoms with van der Waals surface area (Å²) in [5.41, 5.74) is 3.34. The third kappa shape index (κ3) is 3.35. The summed E-state index contributed by atoms with van der Waals surface area (Å²) < 4.78 is 18.8. The molecule has 0 radical (unpaired) electrons. The van der Waals surface area contributed by atoms with E-state index in [1.54, 1.807) is 6.07 Å². The van der Waals surface area contributed by atoms with E-state index in [2.05, 4.69) is 4.98 Å². The van der Waals surface area contributed by atoms with E-state index in [1.807, 2.05) is 56.1 Å². The van der Waals surface area contributed by atoms with E-state index >= 15 is 0 Å². The van der Waals surface area contributed by atoms with Gasteiger partial charge in [-0.25, -0.2) is 4.39 Å². The van der Waals surface area contributed by atoms with Crippen molar-refractivity contribution in [2.45, 2.75) is 26.4 Å². The smallest absolute Gasteiger partial charge is 0.182 e. The maximum Gasteiger partial charge on any atom is 0.182 e. The number of likely N-dealkylation sites (N-methyl/N-ethyl adjacent to an activating group) is 1. The van der Waals surface area contributed by atoms with Crippen LogP contribution < -0.4 is 4.74 Å². The fourth-order valence-corrected chi connectivity index (χ4v) is 3.24. The van der Waals surface area contributed by atoms with Crippen LogP contribution in [0.5, 0.6) is 5.75 Å². The third-order valence-electron chi connectivity index (χ3n) is 4.83. The van der Waals surface area contributed by atoms with Crippen molar-refractivity contribution >= 4 is 16.7 Å². The van der Waals surface area contributed by atoms with Gasteiger partial charge in [-0.05, 0) is 44.7 Å². The number of H-pyrrole nitrogens is 1. The first kappa shape index (κ1) is 18.1. The number of rotatable bonds is 6. The molecule has 0 unspecified atom stereocenters. The highest BCUT2D eigenvalue weighted by molar-refractivity contribution is 6.11. The molecule has 0 aliphatic heterocycles. The summed E-state index contributed by atoms with van der Waals surface area (Å²) in [7, 11) is 3.31. The molecule has 0 bridgehead atoms. The average Bonchev–Trinajstić information content (AvgIpc) is 2.96. The fourth-order valence-electron chi connectivity index (χ4n) is 3.24. The van der Waals surface area contributed by atoms with Gasteiger partial charge in [0, 0.05) is 28.7 Å². The summed E-state index contributed by atoms with van der Waals surface area (Å²) in [4.78, 5) is 18.3. The van der Waals surface area contributed by atoms with Crippen LogP contribution in [0.2, 0.25) is 0 Å². The quantitative estimate of drug-likeness (QED) is 0.670. The lowest BCUT2D eigenvalue weighted by atomic mass is 10.0. The van der Waals surface area contributed by atoms with Gasteiger partial charge in [-0.3, -0.25) is 9.69 Å². The molecule has 4 nitrogen and oxygen atoms in total. The number of nitrogens with zero attached hydrogens (tertiary/aromatic N) is 1. The van der Waals surface area contributed by atoms with Crippen molar-refractivity contribution in [1.82, 2.24) is 9.88 Å². The molecular weight excluding hydrogens is 331 g/mol. The van der Waals surface area contributed by atoms with Crippen molar-refractivity contribution in [3.63, 3.8) is 0 Å². The molecule has 1 N–H and O–H groups in total. The summed E-state index contributed by atoms with van der Waals surface area (Å²) in [5, 5.41) is 0.936. The molecule has 1 atom stereocenters. The second kappa shape index (κ2) is 7.30. The number of hydrogen-bond acceptors (Lipinski definition) is 3. The Morgan fingerprint density at radius 3 is 2.69 bits per heavy atom. The van der Waals surface area contributed by atoms with E-state index < -0.39 is 5.82 Å². The minimum Gasteiger partial charge on any atom is -0.494 e. The number of ether oxygens (including phenoxy) is 1. The summed E-state index contributed by atoms with van der Waals surface area (Å²) in [6.07, 6.45) is 0. The molecule has 5 heteroatoms. The van der Waals surface area contributed by atoms with E-state index in [0.717, 1.165) is 27.7 Å². The number of carbonyl (C=O) groups is 1. The van der Waals surface area contributed by atoms with Gasteiger partial charge in [0.15, 0.2) is 17.3 Å². The minimum absolute atomic E-state index is 0.0523. The number of aromatic amines is 1. The zero-order valence-corrected chi connectivity index (χ0v) is 15.5. The average molecular weight is 354 g/mol. The Balaban J connectivity index is 1.81. The van der Waals surface area contributed by atoms with E-state index in [-0.39, 0.29) is 17.6 Å². The Morgan fingerprint density at radius 1 is 1.27 bits per heavy atom. The maximum absolute atomic E-state index is 13.9. The topological polar surface area (TPSA) is 45.3 Å². The molecule has 136 valence electrons. The number of benzene rings is 2. The van der Waals surface area contributed by atoms with Crippen LogP contribution in [0, 0.1) is 12.7 Å². The fraction of sp³-hybridized carbons (Fsp3) is 0.286. The Labute approximate surface area is 152 Å². The number of carbonyl (C=O) groups excluding carboxylic acids is 1. The number of para-hydroxylation sites is 1. The van der Waals surface area contributed by atoms with Gasteiger partial charge in [0.1, 0.15) is 0 Å². The monoisotopic (exact) mass is 354 g/mol. The molecule has 1 heterocycles. The molecule has 0 aliphatic carbocycles. The summed E-state index contributed by atoms with van der Waals surface area (Å²) >= 11 is 0. The number of ketones is 1. The van der Waals surface area contributed by atoms with Gasteiger partial charge in [-0.15, -0.1) is 0 Å². The van der Waals surface area contributed by atoms with Crippen LogP contribution in [0.3, 0.4) is 0 Å². The normalized spacial score (nSPS) is 12.5. The van der Waals surface area contributed by atoms with Crippen LogP contribution in [0.25, 0.3) is 10.9 Å². The van der Waals surface area contributed by atoms with Gasteiger partial charge >= 0.3 is 0 Å². The zero-order chi connectivity index (χ0) is 18.8. The number of halogens is 1. The summed E-state index contributed by atoms with van der Waals surface area (Å²) in [5.74, 6) is -0.128. The van der Waals surface area contributed by atoms with Gasteiger partial charge < -0.3 is 9.72 Å². The molecule has 26 heavy (non-hydrogen) atoms. The molecule has 0 aliphatic rings. The molecule has 0 saturated carbocycles. The molecule has 3 rings (SSSR count). The summed E-state index contributed by atoms with van der Waals surface area (Å²) in [6, 6.07) is 12.3. The first-order chi connectivity index (χ1) is 12.4. The number of Topliss-reactive ketones (excluding diaryl/α,β-unsaturated/α-hetero) is 1. The number of aryl methyl sites for hydroxylation is 1. The van der Waals surface area contributed by atoms with Crippen LogP contribution in [-0.2, 0) is 6.54 Å². The first-order valence-corrected chi connectivity index (χ1v) is 8.56. The molecule has 1 aromatic heterocycles. The molecule has 0 saturated heterocycles. The van der Waals surface area contributed by atoms with Crippen molar-refractivity contribution in [2.24, 2.45) is 0 Å². The van der Waals surface area contributed by atoms with Crippen LogP contribution in [0.1, 0.15) is 28.5 Å². The number of aromatic nitrogens is 1. The van der Waals surface area contributed by atoms with Gasteiger partial charge in [0.2, 0.25) is 0 Å². The first-order valence-electron chi connectivity index (χ1n) is 8.56. The zero-order valence-electron chi connectivity index (χ0n) is 15.5. The highest BCUT2D eigenvalue weighted by Gasteiger charge is 2.24. The molecule has 0 amide bonds. The number of nitrogens with one attached hydrogen (secondary N) is 1. The number of fused-ring (bicyclic) bond motifs is 1. The van der Waals surface area contributed by atoms with Crippen LogP contribution >= 0.6 is 0 Å². The van der Waals surface area contributed by atoms with Crippen molar-refractivity contribution in [3.8, 4) is 5.75 Å². The Morgan fingerprint density at radius 2 is 2.00 bits per heavy atom. The van der Waals surface area contributed by atoms with E-state index in [0.29, 0.717) is 6.54 Å². The van der Waals surface area contributed by atoms with Gasteiger partial charge in [0.05, 0.1) is 13.2 Å². The summed E-state index contributed by atoms with van der Waals surface area (Å²) in [6.45, 7) is 4.26. The van der Waals surface area contributed by atoms with E-state index in [4.69, 9.17) is 4.74 Å². The molecular formula is C21H23FN2O2. The minimum atomic E-state index is -0.398. The number of methoxy groups -OCH3 is 1. The standard InChI is InChI=1S/C21H23FN2O2/c1-13-20(16-7-5-6-8-18(16)23-13)21(25)14(2)24(3)12-15-9-10-19(26-4)17(22)11-15/h5-11,14,23H,12H2,1-4H3/t14-/m1/s1. The lowest BCUT2D eigenvalue weighted by molar-refractivity contribution is 0.0863. The largest absolute Gasteiger partial charge is 0.494 e. The second-order valence-corrected chi connectivity index (χ2v) is 6.59. The van der Waals surface area contributed by atoms with Crippen molar-refractivity contribution in [2.75, 3.05) is 14.2 Å². The van der Waals surface area contributed by atoms with E-state index in [9.17, 15) is 9.18 Å². The van der Waals surface area contributed by atoms with Gasteiger partial charge in [0.25, 0.3) is 0 Å². The lowest BCUT2D eigenvalue weighted by Crippen LogP contribution is -2.35. The van der Waals surface area contributed by atoms with Gasteiger partial charge in [-0.2, -0.15) is 0 Å². The van der Waals surface area contributed by atoms with Crippen LogP contribution in [0.15, 0.2) is 42.5 Å². The number of hydrogen-bond donors (Lipinski definition) is 1. The van der Waals surface area contributed by atoms with Crippen molar-refractivity contribution in [3.05, 3.63) is 65.1 Å². The third-order valence-corrected chi connectivity index (χ3v) is 4.83. The second-order valence-electron chi connectivity index (χ2n) is 6.59. The van der Waals surface area contributed by atoms with E-state index in [1.165, 1.54) is 13.2 Å². The highest BCUT2D eigenvalue weighted by atomic mass is 19.1. The molecule has 2 aromatic carbocycles. The van der Waals surface area contributed by atoms with Crippen molar-refractivity contribution in [1.29, 1.82) is 0 Å². The Kier molecular flexibility index (Phi) is 5.09. The predicted octanol–water partition coefficient (Wildman–Crippen LogP) is 4.33. The lowest BCUT2D eigenvalue weighted by Gasteiger charge is -2.24. The predicted molar refractivity (Wildman–Crippen MR) is 101 cm³/mol. The molecule has 0 fully saturated rings. The van der Waals surface area contributed by atoms with Crippen LogP contribution in [0.4, 0.5) is 4.39 Å². The molecule has 0 spiro atoms. The van der Waals surface area contributed by atoms with Crippen LogP contribution in [-0.4, -0.2) is 35.9 Å². The maximum atomic E-state index is 13.9. The van der Waals surface area contributed by atoms with Crippen molar-refractivity contribution < 1.29 is 13.9 Å². The SMILES string of the molecule is COc1ccc(CN(C)[C@H](C)C(=O)c2c(C)[nH]c3ccccc23)cc1F.